The minimum atomic E-state index is -3.33. The Bertz CT molecular complexity index is 452. The molecule has 1 aromatic rings. The average Bonchev–Trinajstić information content (AvgIpc) is 2.71. The van der Waals surface area contributed by atoms with Crippen molar-refractivity contribution in [3.8, 4) is 0 Å². The molecule has 0 amide bonds. The van der Waals surface area contributed by atoms with Crippen molar-refractivity contribution in [3.05, 3.63) is 41.5 Å². The van der Waals surface area contributed by atoms with E-state index in [0.29, 0.717) is 23.7 Å². The quantitative estimate of drug-likeness (QED) is 0.772. The van der Waals surface area contributed by atoms with E-state index in [1.54, 1.807) is 30.3 Å². The van der Waals surface area contributed by atoms with Crippen molar-refractivity contribution >= 4 is 9.84 Å². The lowest BCUT2D eigenvalue weighted by Gasteiger charge is -2.00. The number of rotatable bonds is 2. The molecule has 1 aliphatic rings. The molecule has 0 bridgehead atoms. The fraction of sp³-hybridized carbons (Fsp3) is 0.273. The van der Waals surface area contributed by atoms with Gasteiger partial charge in [0, 0.05) is 6.42 Å². The summed E-state index contributed by atoms with van der Waals surface area (Å²) < 4.78 is 28.9. The predicted octanol–water partition coefficient (Wildman–Crippen LogP) is 2.11. The van der Waals surface area contributed by atoms with E-state index in [0.717, 1.165) is 6.42 Å². The van der Waals surface area contributed by atoms with Crippen LogP contribution in [0.25, 0.3) is 0 Å². The van der Waals surface area contributed by atoms with E-state index in [4.69, 9.17) is 4.74 Å². The van der Waals surface area contributed by atoms with Gasteiger partial charge in [0.05, 0.1) is 16.9 Å². The maximum atomic E-state index is 11.8. The average molecular weight is 224 g/mol. The lowest BCUT2D eigenvalue weighted by atomic mass is 10.3. The summed E-state index contributed by atoms with van der Waals surface area (Å²) in [4.78, 5) is 0.313. The topological polar surface area (TPSA) is 43.4 Å². The zero-order valence-corrected chi connectivity index (χ0v) is 9.03. The minimum Gasteiger partial charge on any atom is -0.497 e. The molecule has 0 radical (unpaired) electrons. The second-order valence-electron chi connectivity index (χ2n) is 3.39. The molecule has 0 unspecified atom stereocenters. The fourth-order valence-electron chi connectivity index (χ4n) is 1.47. The Hall–Kier alpha value is -1.29. The summed E-state index contributed by atoms with van der Waals surface area (Å²) in [5, 5.41) is 1.23. The maximum absolute atomic E-state index is 11.8. The van der Waals surface area contributed by atoms with Crippen molar-refractivity contribution in [2.24, 2.45) is 0 Å². The van der Waals surface area contributed by atoms with Crippen molar-refractivity contribution in [1.29, 1.82) is 0 Å². The van der Waals surface area contributed by atoms with Crippen LogP contribution in [0, 0.1) is 0 Å². The summed E-state index contributed by atoms with van der Waals surface area (Å²) in [7, 11) is -3.33. The monoisotopic (exact) mass is 224 g/mol. The highest BCUT2D eigenvalue weighted by molar-refractivity contribution is 7.94. The summed E-state index contributed by atoms with van der Waals surface area (Å²) in [6, 6.07) is 8.38. The second kappa shape index (κ2) is 4.06. The Balaban J connectivity index is 2.32. The number of benzene rings is 1. The standard InChI is InChI=1S/C11H12O3S/c12-15(13,9-10-5-4-8-14-10)11-6-2-1-3-7-11/h1-3,6-7,9H,4-5,8H2/b10-9-. The Morgan fingerprint density at radius 1 is 1.20 bits per heavy atom. The van der Waals surface area contributed by atoms with Gasteiger partial charge in [-0.3, -0.25) is 0 Å². The van der Waals surface area contributed by atoms with Gasteiger partial charge < -0.3 is 4.74 Å². The van der Waals surface area contributed by atoms with Gasteiger partial charge in [0.15, 0.2) is 0 Å². The molecule has 1 saturated heterocycles. The van der Waals surface area contributed by atoms with Crippen molar-refractivity contribution in [2.45, 2.75) is 17.7 Å². The lowest BCUT2D eigenvalue weighted by molar-refractivity contribution is 0.264. The van der Waals surface area contributed by atoms with E-state index >= 15 is 0 Å². The molecule has 80 valence electrons. The van der Waals surface area contributed by atoms with Gasteiger partial charge in [0.25, 0.3) is 0 Å². The molecule has 3 nitrogen and oxygen atoms in total. The first-order valence-electron chi connectivity index (χ1n) is 4.82. The molecule has 0 aromatic heterocycles. The summed E-state index contributed by atoms with van der Waals surface area (Å²) in [6.45, 7) is 0.621. The fourth-order valence-corrected chi connectivity index (χ4v) is 2.67. The third-order valence-electron chi connectivity index (χ3n) is 2.21. The van der Waals surface area contributed by atoms with Gasteiger partial charge in [-0.2, -0.15) is 0 Å². The van der Waals surface area contributed by atoms with E-state index in [9.17, 15) is 8.42 Å². The van der Waals surface area contributed by atoms with Crippen LogP contribution in [-0.2, 0) is 14.6 Å². The number of ether oxygens (including phenoxy) is 1. The Morgan fingerprint density at radius 3 is 2.53 bits per heavy atom. The van der Waals surface area contributed by atoms with E-state index in [1.807, 2.05) is 0 Å². The summed E-state index contributed by atoms with van der Waals surface area (Å²) >= 11 is 0. The van der Waals surface area contributed by atoms with Crippen LogP contribution in [-0.4, -0.2) is 15.0 Å². The molecule has 1 heterocycles. The maximum Gasteiger partial charge on any atom is 0.203 e. The van der Waals surface area contributed by atoms with Crippen molar-refractivity contribution in [2.75, 3.05) is 6.61 Å². The number of hydrogen-bond acceptors (Lipinski definition) is 3. The van der Waals surface area contributed by atoms with Gasteiger partial charge in [-0.15, -0.1) is 0 Å². The van der Waals surface area contributed by atoms with E-state index in [-0.39, 0.29) is 0 Å². The molecule has 4 heteroatoms. The molecule has 2 rings (SSSR count). The molecule has 0 spiro atoms. The highest BCUT2D eigenvalue weighted by Gasteiger charge is 2.15. The molecule has 1 aromatic carbocycles. The molecule has 0 N–H and O–H groups in total. The van der Waals surface area contributed by atoms with Gasteiger partial charge in [0.2, 0.25) is 9.84 Å². The van der Waals surface area contributed by atoms with Gasteiger partial charge in [-0.1, -0.05) is 18.2 Å². The Labute approximate surface area is 89.3 Å². The lowest BCUT2D eigenvalue weighted by Crippen LogP contribution is -1.97. The zero-order chi connectivity index (χ0) is 10.7. The smallest absolute Gasteiger partial charge is 0.203 e. The van der Waals surface area contributed by atoms with Crippen LogP contribution >= 0.6 is 0 Å². The van der Waals surface area contributed by atoms with Gasteiger partial charge in [-0.25, -0.2) is 8.42 Å². The van der Waals surface area contributed by atoms with Crippen LogP contribution in [0.5, 0.6) is 0 Å². The van der Waals surface area contributed by atoms with Crippen LogP contribution in [0.2, 0.25) is 0 Å². The van der Waals surface area contributed by atoms with Crippen LogP contribution in [0.1, 0.15) is 12.8 Å². The second-order valence-corrected chi connectivity index (χ2v) is 5.19. The molecule has 15 heavy (non-hydrogen) atoms. The molecule has 0 atom stereocenters. The Kier molecular flexibility index (Phi) is 2.77. The first-order chi connectivity index (χ1) is 7.18. The van der Waals surface area contributed by atoms with Crippen molar-refractivity contribution < 1.29 is 13.2 Å². The molecule has 0 saturated carbocycles. The normalized spacial score (nSPS) is 19.1. The number of sulfone groups is 1. The predicted molar refractivity (Wildman–Crippen MR) is 56.9 cm³/mol. The largest absolute Gasteiger partial charge is 0.497 e. The highest BCUT2D eigenvalue weighted by atomic mass is 32.2. The van der Waals surface area contributed by atoms with Crippen LogP contribution in [0.15, 0.2) is 46.4 Å². The van der Waals surface area contributed by atoms with Gasteiger partial charge >= 0.3 is 0 Å². The zero-order valence-electron chi connectivity index (χ0n) is 8.22. The van der Waals surface area contributed by atoms with Crippen molar-refractivity contribution in [3.63, 3.8) is 0 Å². The minimum absolute atomic E-state index is 0.313. The summed E-state index contributed by atoms with van der Waals surface area (Å²) in [6.07, 6.45) is 1.61. The first-order valence-corrected chi connectivity index (χ1v) is 6.37. The van der Waals surface area contributed by atoms with Crippen LogP contribution in [0.3, 0.4) is 0 Å². The molecular formula is C11H12O3S. The molecule has 1 aliphatic heterocycles. The number of hydrogen-bond donors (Lipinski definition) is 0. The molecule has 0 aliphatic carbocycles. The SMILES string of the molecule is O=S(=O)(/C=C1/CCCO1)c1ccccc1. The van der Waals surface area contributed by atoms with Crippen molar-refractivity contribution in [1.82, 2.24) is 0 Å². The molecule has 1 fully saturated rings. The third-order valence-corrected chi connectivity index (χ3v) is 3.72. The van der Waals surface area contributed by atoms with E-state index < -0.39 is 9.84 Å². The molecular weight excluding hydrogens is 212 g/mol. The number of allylic oxidation sites excluding steroid dienone is 1. The summed E-state index contributed by atoms with van der Waals surface area (Å²) in [5.41, 5.74) is 0. The first kappa shape index (κ1) is 10.2. The van der Waals surface area contributed by atoms with E-state index in [1.165, 1.54) is 5.41 Å². The Morgan fingerprint density at radius 2 is 1.93 bits per heavy atom. The van der Waals surface area contributed by atoms with E-state index in [2.05, 4.69) is 0 Å². The highest BCUT2D eigenvalue weighted by Crippen LogP contribution is 2.20. The van der Waals surface area contributed by atoms with Gasteiger partial charge in [0.1, 0.15) is 5.76 Å². The van der Waals surface area contributed by atoms with Crippen LogP contribution in [0.4, 0.5) is 0 Å². The summed E-state index contributed by atoms with van der Waals surface area (Å²) in [5.74, 6) is 0.568. The van der Waals surface area contributed by atoms with Crippen LogP contribution < -0.4 is 0 Å². The third kappa shape index (κ3) is 2.39. The van der Waals surface area contributed by atoms with Gasteiger partial charge in [-0.05, 0) is 18.6 Å².